The van der Waals surface area contributed by atoms with E-state index in [0.29, 0.717) is 0 Å². The number of nitrogens with one attached hydrogen (secondary N) is 1. The molecule has 2 nitrogen and oxygen atoms in total. The highest BCUT2D eigenvalue weighted by Gasteiger charge is 2.25. The van der Waals surface area contributed by atoms with Crippen molar-refractivity contribution in [3.63, 3.8) is 0 Å². The third kappa shape index (κ3) is 3.21. The summed E-state index contributed by atoms with van der Waals surface area (Å²) in [6.45, 7) is 7.22. The molecule has 0 amide bonds. The van der Waals surface area contributed by atoms with Gasteiger partial charge >= 0.3 is 0 Å². The van der Waals surface area contributed by atoms with Crippen molar-refractivity contribution in [3.05, 3.63) is 0 Å². The van der Waals surface area contributed by atoms with Crippen molar-refractivity contribution in [1.29, 1.82) is 0 Å². The van der Waals surface area contributed by atoms with Gasteiger partial charge in [-0.25, -0.2) is 0 Å². The molecule has 1 N–H and O–H groups in total. The van der Waals surface area contributed by atoms with Crippen LogP contribution in [0.15, 0.2) is 0 Å². The van der Waals surface area contributed by atoms with E-state index in [1.54, 1.807) is 0 Å². The second-order valence-corrected chi connectivity index (χ2v) is 5.87. The van der Waals surface area contributed by atoms with Crippen molar-refractivity contribution in [2.75, 3.05) is 13.1 Å². The summed E-state index contributed by atoms with van der Waals surface area (Å²) in [4.78, 5) is 2.70. The molecule has 1 heterocycles. The summed E-state index contributed by atoms with van der Waals surface area (Å²) in [6.07, 6.45) is 9.94. The molecule has 1 aliphatic heterocycles. The van der Waals surface area contributed by atoms with E-state index in [0.717, 1.165) is 18.1 Å². The van der Waals surface area contributed by atoms with Gasteiger partial charge in [-0.05, 0) is 46.1 Å². The van der Waals surface area contributed by atoms with Gasteiger partial charge in [0.15, 0.2) is 0 Å². The molecule has 1 unspecified atom stereocenters. The first kappa shape index (κ1) is 12.4. The number of rotatable bonds is 4. The zero-order chi connectivity index (χ0) is 11.4. The van der Waals surface area contributed by atoms with Crippen molar-refractivity contribution in [3.8, 4) is 0 Å². The molecule has 1 atom stereocenters. The van der Waals surface area contributed by atoms with Crippen LogP contribution in [-0.2, 0) is 0 Å². The normalized spacial score (nSPS) is 29.1. The molecule has 0 spiro atoms. The lowest BCUT2D eigenvalue weighted by Gasteiger charge is -2.39. The Balaban J connectivity index is 1.76. The van der Waals surface area contributed by atoms with Crippen molar-refractivity contribution >= 4 is 0 Å². The van der Waals surface area contributed by atoms with E-state index in [-0.39, 0.29) is 0 Å². The molecule has 2 rings (SSSR count). The largest absolute Gasteiger partial charge is 0.312 e. The fourth-order valence-electron chi connectivity index (χ4n) is 3.35. The first-order valence-corrected chi connectivity index (χ1v) is 7.26. The lowest BCUT2D eigenvalue weighted by molar-refractivity contribution is 0.108. The van der Waals surface area contributed by atoms with Crippen LogP contribution in [0.25, 0.3) is 0 Å². The molecule has 94 valence electrons. The van der Waals surface area contributed by atoms with E-state index in [1.807, 2.05) is 0 Å². The predicted molar refractivity (Wildman–Crippen MR) is 69.7 cm³/mol. The lowest BCUT2D eigenvalue weighted by Crippen LogP contribution is -2.49. The smallest absolute Gasteiger partial charge is 0.0223 e. The summed E-state index contributed by atoms with van der Waals surface area (Å²) in [7, 11) is 0. The summed E-state index contributed by atoms with van der Waals surface area (Å²) in [5.74, 6) is 0. The third-order valence-electron chi connectivity index (χ3n) is 4.33. The van der Waals surface area contributed by atoms with Crippen LogP contribution in [0.4, 0.5) is 0 Å². The number of likely N-dealkylation sites (tertiary alicyclic amines) is 1. The van der Waals surface area contributed by atoms with Crippen molar-refractivity contribution in [1.82, 2.24) is 10.2 Å². The fraction of sp³-hybridized carbons (Fsp3) is 1.00. The molecular weight excluding hydrogens is 196 g/mol. The van der Waals surface area contributed by atoms with Crippen LogP contribution in [0, 0.1) is 0 Å². The quantitative estimate of drug-likeness (QED) is 0.790. The standard InChI is InChI=1S/C14H28N2/c1-12(2)16-10-6-5-9-14(16)11-15-13-7-3-4-8-13/h12-15H,3-11H2,1-2H3. The highest BCUT2D eigenvalue weighted by molar-refractivity contribution is 4.83. The monoisotopic (exact) mass is 224 g/mol. The Bertz CT molecular complexity index is 197. The van der Waals surface area contributed by atoms with Gasteiger partial charge in [-0.15, -0.1) is 0 Å². The van der Waals surface area contributed by atoms with Gasteiger partial charge in [0.2, 0.25) is 0 Å². The molecule has 2 heteroatoms. The number of hydrogen-bond acceptors (Lipinski definition) is 2. The van der Waals surface area contributed by atoms with E-state index >= 15 is 0 Å². The minimum absolute atomic E-state index is 0.718. The molecule has 1 saturated carbocycles. The number of hydrogen-bond donors (Lipinski definition) is 1. The predicted octanol–water partition coefficient (Wildman–Crippen LogP) is 2.78. The zero-order valence-electron chi connectivity index (χ0n) is 11.0. The van der Waals surface area contributed by atoms with Crippen LogP contribution in [0.2, 0.25) is 0 Å². The summed E-state index contributed by atoms with van der Waals surface area (Å²) in [5.41, 5.74) is 0. The first-order chi connectivity index (χ1) is 7.77. The third-order valence-corrected chi connectivity index (χ3v) is 4.33. The molecule has 1 aliphatic carbocycles. The highest BCUT2D eigenvalue weighted by Crippen LogP contribution is 2.21. The minimum Gasteiger partial charge on any atom is -0.312 e. The molecule has 0 aromatic carbocycles. The van der Waals surface area contributed by atoms with Crippen LogP contribution in [0.3, 0.4) is 0 Å². The van der Waals surface area contributed by atoms with Gasteiger partial charge in [0.1, 0.15) is 0 Å². The van der Waals surface area contributed by atoms with Crippen molar-refractivity contribution < 1.29 is 0 Å². The summed E-state index contributed by atoms with van der Waals surface area (Å²) in [6, 6.07) is 2.35. The Morgan fingerprint density at radius 3 is 2.44 bits per heavy atom. The summed E-state index contributed by atoms with van der Waals surface area (Å²) < 4.78 is 0. The molecule has 0 aromatic heterocycles. The van der Waals surface area contributed by atoms with Gasteiger partial charge in [-0.1, -0.05) is 19.3 Å². The molecular formula is C14H28N2. The summed E-state index contributed by atoms with van der Waals surface area (Å²) >= 11 is 0. The van der Waals surface area contributed by atoms with Gasteiger partial charge in [0, 0.05) is 24.7 Å². The van der Waals surface area contributed by atoms with Crippen LogP contribution in [-0.4, -0.2) is 36.1 Å². The highest BCUT2D eigenvalue weighted by atomic mass is 15.2. The Morgan fingerprint density at radius 1 is 1.06 bits per heavy atom. The fourth-order valence-corrected chi connectivity index (χ4v) is 3.35. The maximum Gasteiger partial charge on any atom is 0.0223 e. The molecule has 0 aromatic rings. The van der Waals surface area contributed by atoms with Crippen LogP contribution >= 0.6 is 0 Å². The Labute approximate surface area is 101 Å². The first-order valence-electron chi connectivity index (χ1n) is 7.26. The average Bonchev–Trinajstić information content (AvgIpc) is 2.79. The Morgan fingerprint density at radius 2 is 1.75 bits per heavy atom. The minimum atomic E-state index is 0.718. The van der Waals surface area contributed by atoms with Crippen LogP contribution in [0.5, 0.6) is 0 Å². The Hall–Kier alpha value is -0.0800. The van der Waals surface area contributed by atoms with Crippen molar-refractivity contribution in [2.24, 2.45) is 0 Å². The lowest BCUT2D eigenvalue weighted by atomic mass is 10.00. The van der Waals surface area contributed by atoms with Crippen molar-refractivity contribution in [2.45, 2.75) is 76.9 Å². The average molecular weight is 224 g/mol. The van der Waals surface area contributed by atoms with Crippen LogP contribution in [0.1, 0.15) is 58.8 Å². The van der Waals surface area contributed by atoms with Gasteiger partial charge < -0.3 is 5.32 Å². The van der Waals surface area contributed by atoms with Gasteiger partial charge in [0.25, 0.3) is 0 Å². The van der Waals surface area contributed by atoms with Crippen LogP contribution < -0.4 is 5.32 Å². The van der Waals surface area contributed by atoms with Gasteiger partial charge in [0.05, 0.1) is 0 Å². The number of piperidine rings is 1. The second-order valence-electron chi connectivity index (χ2n) is 5.87. The Kier molecular flexibility index (Phi) is 4.66. The molecule has 2 aliphatic rings. The topological polar surface area (TPSA) is 15.3 Å². The van der Waals surface area contributed by atoms with E-state index in [9.17, 15) is 0 Å². The second kappa shape index (κ2) is 6.02. The van der Waals surface area contributed by atoms with E-state index in [2.05, 4.69) is 24.1 Å². The maximum atomic E-state index is 3.79. The maximum absolute atomic E-state index is 3.79. The SMILES string of the molecule is CC(C)N1CCCCC1CNC1CCCC1. The van der Waals surface area contributed by atoms with E-state index in [4.69, 9.17) is 0 Å². The van der Waals surface area contributed by atoms with Gasteiger partial charge in [-0.3, -0.25) is 4.90 Å². The van der Waals surface area contributed by atoms with E-state index < -0.39 is 0 Å². The number of nitrogens with zero attached hydrogens (tertiary/aromatic N) is 1. The molecule has 0 radical (unpaired) electrons. The van der Waals surface area contributed by atoms with E-state index in [1.165, 1.54) is 58.0 Å². The van der Waals surface area contributed by atoms with Gasteiger partial charge in [-0.2, -0.15) is 0 Å². The zero-order valence-corrected chi connectivity index (χ0v) is 11.0. The molecule has 0 bridgehead atoms. The summed E-state index contributed by atoms with van der Waals surface area (Å²) in [5, 5.41) is 3.79. The molecule has 2 fully saturated rings. The molecule has 1 saturated heterocycles. The molecule has 16 heavy (non-hydrogen) atoms.